The summed E-state index contributed by atoms with van der Waals surface area (Å²) in [5, 5.41) is 0. The maximum Gasteiger partial charge on any atom is 0.119 e. The number of rotatable bonds is 7. The van der Waals surface area contributed by atoms with Crippen LogP contribution in [0.25, 0.3) is 12.2 Å². The zero-order chi connectivity index (χ0) is 11.8. The average Bonchev–Trinajstić information content (AvgIpc) is 2.34. The molecule has 0 N–H and O–H groups in total. The molecule has 0 aliphatic carbocycles. The molecule has 0 fully saturated rings. The summed E-state index contributed by atoms with van der Waals surface area (Å²) in [7, 11) is 0. The van der Waals surface area contributed by atoms with Gasteiger partial charge in [0.15, 0.2) is 0 Å². The highest BCUT2D eigenvalue weighted by molar-refractivity contribution is 5.65. The molecule has 0 radical (unpaired) electrons. The van der Waals surface area contributed by atoms with Crippen LogP contribution in [0.3, 0.4) is 0 Å². The first-order chi connectivity index (χ1) is 7.81. The molecular formula is C15H20O. The van der Waals surface area contributed by atoms with Gasteiger partial charge in [-0.05, 0) is 29.7 Å². The fraction of sp³-hybridized carbons (Fsp3) is 0.333. The highest BCUT2D eigenvalue weighted by atomic mass is 16.5. The lowest BCUT2D eigenvalue weighted by Crippen LogP contribution is -1.97. The summed E-state index contributed by atoms with van der Waals surface area (Å²) in [5.41, 5.74) is 2.17. The molecule has 1 aromatic carbocycles. The summed E-state index contributed by atoms with van der Waals surface area (Å²) in [6.45, 7) is 10.5. The Bertz CT molecular complexity index is 352. The van der Waals surface area contributed by atoms with Crippen LogP contribution in [0, 0.1) is 0 Å². The predicted molar refractivity (Wildman–Crippen MR) is 71.6 cm³/mol. The Labute approximate surface area is 98.5 Å². The lowest BCUT2D eigenvalue weighted by atomic mass is 10.1. The number of hydrogen-bond donors (Lipinski definition) is 0. The highest BCUT2D eigenvalue weighted by Crippen LogP contribution is 2.20. The first-order valence-corrected chi connectivity index (χ1v) is 5.83. The van der Waals surface area contributed by atoms with Crippen LogP contribution in [0.4, 0.5) is 0 Å². The summed E-state index contributed by atoms with van der Waals surface area (Å²) in [6, 6.07) is 6.01. The number of benzene rings is 1. The van der Waals surface area contributed by atoms with Crippen molar-refractivity contribution >= 4 is 12.2 Å². The molecule has 0 aliphatic rings. The second kappa shape index (κ2) is 6.89. The van der Waals surface area contributed by atoms with Crippen LogP contribution in [-0.4, -0.2) is 6.61 Å². The van der Waals surface area contributed by atoms with E-state index < -0.39 is 0 Å². The second-order valence-corrected chi connectivity index (χ2v) is 3.75. The summed E-state index contributed by atoms with van der Waals surface area (Å²) >= 11 is 0. The van der Waals surface area contributed by atoms with Gasteiger partial charge in [-0.2, -0.15) is 0 Å². The first kappa shape index (κ1) is 12.6. The fourth-order valence-electron chi connectivity index (χ4n) is 1.55. The van der Waals surface area contributed by atoms with Crippen LogP contribution in [-0.2, 0) is 0 Å². The molecule has 0 atom stereocenters. The van der Waals surface area contributed by atoms with Crippen LogP contribution in [0.15, 0.2) is 31.4 Å². The van der Waals surface area contributed by atoms with E-state index in [1.807, 2.05) is 30.4 Å². The molecule has 0 bridgehead atoms. The number of ether oxygens (including phenoxy) is 1. The van der Waals surface area contributed by atoms with E-state index in [1.54, 1.807) is 0 Å². The van der Waals surface area contributed by atoms with Crippen molar-refractivity contribution in [1.82, 2.24) is 0 Å². The van der Waals surface area contributed by atoms with Crippen molar-refractivity contribution in [2.75, 3.05) is 6.61 Å². The van der Waals surface area contributed by atoms with Gasteiger partial charge < -0.3 is 4.74 Å². The van der Waals surface area contributed by atoms with E-state index in [4.69, 9.17) is 4.74 Å². The van der Waals surface area contributed by atoms with E-state index in [1.165, 1.54) is 12.8 Å². The Morgan fingerprint density at radius 1 is 1.12 bits per heavy atom. The molecule has 0 heterocycles. The molecule has 0 spiro atoms. The summed E-state index contributed by atoms with van der Waals surface area (Å²) < 4.78 is 5.67. The second-order valence-electron chi connectivity index (χ2n) is 3.75. The highest BCUT2D eigenvalue weighted by Gasteiger charge is 1.99. The molecular weight excluding hydrogens is 196 g/mol. The topological polar surface area (TPSA) is 9.23 Å². The van der Waals surface area contributed by atoms with E-state index in [2.05, 4.69) is 20.1 Å². The summed E-state index contributed by atoms with van der Waals surface area (Å²) in [5.74, 6) is 0.914. The molecule has 1 nitrogen and oxygen atoms in total. The third kappa shape index (κ3) is 3.58. The van der Waals surface area contributed by atoms with Gasteiger partial charge in [-0.3, -0.25) is 0 Å². The molecule has 1 aromatic rings. The first-order valence-electron chi connectivity index (χ1n) is 5.83. The normalized spacial score (nSPS) is 9.81. The van der Waals surface area contributed by atoms with Gasteiger partial charge in [-0.25, -0.2) is 0 Å². The van der Waals surface area contributed by atoms with Gasteiger partial charge in [0, 0.05) is 0 Å². The van der Waals surface area contributed by atoms with E-state index in [9.17, 15) is 0 Å². The van der Waals surface area contributed by atoms with Gasteiger partial charge >= 0.3 is 0 Å². The van der Waals surface area contributed by atoms with Gasteiger partial charge in [0.25, 0.3) is 0 Å². The molecule has 0 saturated carbocycles. The van der Waals surface area contributed by atoms with Crippen molar-refractivity contribution in [2.24, 2.45) is 0 Å². The minimum absolute atomic E-state index is 0.790. The van der Waals surface area contributed by atoms with Crippen molar-refractivity contribution in [1.29, 1.82) is 0 Å². The van der Waals surface area contributed by atoms with Crippen LogP contribution >= 0.6 is 0 Å². The van der Waals surface area contributed by atoms with Crippen LogP contribution in [0.5, 0.6) is 5.75 Å². The monoisotopic (exact) mass is 216 g/mol. The molecule has 0 aliphatic heterocycles. The molecule has 0 unspecified atom stereocenters. The van der Waals surface area contributed by atoms with Crippen molar-refractivity contribution in [3.63, 3.8) is 0 Å². The molecule has 0 saturated heterocycles. The van der Waals surface area contributed by atoms with Gasteiger partial charge in [-0.1, -0.05) is 51.1 Å². The van der Waals surface area contributed by atoms with E-state index in [-0.39, 0.29) is 0 Å². The maximum atomic E-state index is 5.67. The number of unbranched alkanes of at least 4 members (excludes halogenated alkanes) is 2. The Hall–Kier alpha value is -1.50. The Morgan fingerprint density at radius 3 is 2.50 bits per heavy atom. The molecule has 0 aromatic heterocycles. The lowest BCUT2D eigenvalue weighted by molar-refractivity contribution is 0.306. The van der Waals surface area contributed by atoms with Gasteiger partial charge in [0.2, 0.25) is 0 Å². The third-order valence-corrected chi connectivity index (χ3v) is 2.51. The maximum absolute atomic E-state index is 5.67. The van der Waals surface area contributed by atoms with Gasteiger partial charge in [0.1, 0.15) is 5.75 Å². The number of hydrogen-bond acceptors (Lipinski definition) is 1. The third-order valence-electron chi connectivity index (χ3n) is 2.51. The Kier molecular flexibility index (Phi) is 5.41. The van der Waals surface area contributed by atoms with Crippen LogP contribution < -0.4 is 4.74 Å². The van der Waals surface area contributed by atoms with Crippen LogP contribution in [0.1, 0.15) is 37.3 Å². The molecule has 1 rings (SSSR count). The van der Waals surface area contributed by atoms with Crippen molar-refractivity contribution < 1.29 is 4.74 Å². The van der Waals surface area contributed by atoms with Crippen LogP contribution in [0.2, 0.25) is 0 Å². The summed E-state index contributed by atoms with van der Waals surface area (Å²) in [4.78, 5) is 0. The molecule has 0 amide bonds. The summed E-state index contributed by atoms with van der Waals surface area (Å²) in [6.07, 6.45) is 7.21. The largest absolute Gasteiger partial charge is 0.494 e. The van der Waals surface area contributed by atoms with Gasteiger partial charge in [0.05, 0.1) is 6.61 Å². The van der Waals surface area contributed by atoms with Crippen molar-refractivity contribution in [3.05, 3.63) is 42.5 Å². The van der Waals surface area contributed by atoms with E-state index in [0.29, 0.717) is 0 Å². The van der Waals surface area contributed by atoms with Crippen molar-refractivity contribution in [2.45, 2.75) is 26.2 Å². The Balaban J connectivity index is 2.60. The fourth-order valence-corrected chi connectivity index (χ4v) is 1.55. The zero-order valence-corrected chi connectivity index (χ0v) is 10.0. The zero-order valence-electron chi connectivity index (χ0n) is 10.0. The quantitative estimate of drug-likeness (QED) is 0.608. The smallest absolute Gasteiger partial charge is 0.119 e. The van der Waals surface area contributed by atoms with Crippen molar-refractivity contribution in [3.8, 4) is 5.75 Å². The lowest BCUT2D eigenvalue weighted by Gasteiger charge is -2.08. The Morgan fingerprint density at radius 2 is 1.88 bits per heavy atom. The average molecular weight is 216 g/mol. The van der Waals surface area contributed by atoms with E-state index >= 15 is 0 Å². The molecule has 1 heteroatoms. The predicted octanol–water partition coefficient (Wildman–Crippen LogP) is 4.54. The van der Waals surface area contributed by atoms with E-state index in [0.717, 1.165) is 29.9 Å². The standard InChI is InChI=1S/C15H20O/c1-4-7-8-11-16-15-10-9-13(5-2)14(6-3)12-15/h5-6,9-10,12H,2-4,7-8,11H2,1H3. The van der Waals surface area contributed by atoms with Gasteiger partial charge in [-0.15, -0.1) is 0 Å². The molecule has 86 valence electrons. The molecule has 16 heavy (non-hydrogen) atoms. The minimum Gasteiger partial charge on any atom is -0.494 e. The minimum atomic E-state index is 0.790. The SMILES string of the molecule is C=Cc1ccc(OCCCCC)cc1C=C.